The largest absolute Gasteiger partial charge is 0.507 e. The van der Waals surface area contributed by atoms with E-state index in [4.69, 9.17) is 0 Å². The minimum Gasteiger partial charge on any atom is -0.507 e. The molecule has 0 heterocycles. The summed E-state index contributed by atoms with van der Waals surface area (Å²) in [6.07, 6.45) is 0. The van der Waals surface area contributed by atoms with Gasteiger partial charge in [-0.3, -0.25) is 4.79 Å². The lowest BCUT2D eigenvalue weighted by Crippen LogP contribution is -2.01. The first kappa shape index (κ1) is 12.9. The summed E-state index contributed by atoms with van der Waals surface area (Å²) in [5.74, 6) is -0.178. The molecule has 1 N–H and O–H groups in total. The van der Waals surface area contributed by atoms with E-state index in [0.717, 1.165) is 15.2 Å². The molecule has 0 saturated heterocycles. The average Bonchev–Trinajstić information content (AvgIpc) is 2.46. The highest BCUT2D eigenvalue weighted by Gasteiger charge is 2.14. The highest BCUT2D eigenvalue weighted by molar-refractivity contribution is 9.10. The summed E-state index contributed by atoms with van der Waals surface area (Å²) >= 11 is 3.35. The molecule has 0 bridgehead atoms. The zero-order valence-corrected chi connectivity index (χ0v) is 12.1. The quantitative estimate of drug-likeness (QED) is 0.702. The monoisotopic (exact) mass is 326 g/mol. The Bertz CT molecular complexity index is 809. The molecule has 0 atom stereocenters. The number of rotatable bonds is 2. The van der Waals surface area contributed by atoms with Gasteiger partial charge in [0.25, 0.3) is 0 Å². The van der Waals surface area contributed by atoms with Gasteiger partial charge >= 0.3 is 0 Å². The van der Waals surface area contributed by atoms with Crippen molar-refractivity contribution < 1.29 is 9.90 Å². The van der Waals surface area contributed by atoms with Crippen LogP contribution in [0.1, 0.15) is 15.9 Å². The minimum absolute atomic E-state index is 0.00803. The molecule has 0 aliphatic rings. The summed E-state index contributed by atoms with van der Waals surface area (Å²) in [7, 11) is 0. The number of ketones is 1. The van der Waals surface area contributed by atoms with Gasteiger partial charge in [0, 0.05) is 10.0 Å². The standard InChI is InChI=1S/C17H11BrO2/c18-14-7-3-6-13(8-14)17(20)15-9-11-4-1-2-5-12(11)10-16(15)19/h1-10,19H. The van der Waals surface area contributed by atoms with Crippen LogP contribution in [0.25, 0.3) is 10.8 Å². The summed E-state index contributed by atoms with van der Waals surface area (Å²) in [5.41, 5.74) is 0.867. The minimum atomic E-state index is -0.186. The molecule has 0 saturated carbocycles. The Morgan fingerprint density at radius 1 is 0.900 bits per heavy atom. The van der Waals surface area contributed by atoms with Crippen LogP contribution in [0, 0.1) is 0 Å². The van der Waals surface area contributed by atoms with Gasteiger partial charge in [0.1, 0.15) is 5.75 Å². The van der Waals surface area contributed by atoms with Crippen LogP contribution in [0.2, 0.25) is 0 Å². The number of carbonyl (C=O) groups excluding carboxylic acids is 1. The van der Waals surface area contributed by atoms with Crippen molar-refractivity contribution in [3.8, 4) is 5.75 Å². The number of phenolic OH excluding ortho intramolecular Hbond substituents is 1. The topological polar surface area (TPSA) is 37.3 Å². The van der Waals surface area contributed by atoms with Crippen LogP contribution < -0.4 is 0 Å². The van der Waals surface area contributed by atoms with Crippen molar-refractivity contribution in [2.24, 2.45) is 0 Å². The molecule has 20 heavy (non-hydrogen) atoms. The lowest BCUT2D eigenvalue weighted by atomic mass is 9.99. The molecular formula is C17H11BrO2. The number of carbonyl (C=O) groups is 1. The van der Waals surface area contributed by atoms with E-state index in [1.807, 2.05) is 30.3 Å². The number of phenols is 1. The Labute approximate surface area is 124 Å². The highest BCUT2D eigenvalue weighted by atomic mass is 79.9. The summed E-state index contributed by atoms with van der Waals surface area (Å²) in [6.45, 7) is 0. The van der Waals surface area contributed by atoms with E-state index in [0.29, 0.717) is 11.1 Å². The molecule has 2 nitrogen and oxygen atoms in total. The molecular weight excluding hydrogens is 316 g/mol. The maximum absolute atomic E-state index is 12.5. The molecule has 0 unspecified atom stereocenters. The van der Waals surface area contributed by atoms with Crippen LogP contribution in [0.4, 0.5) is 0 Å². The van der Waals surface area contributed by atoms with Crippen LogP contribution in [-0.2, 0) is 0 Å². The zero-order chi connectivity index (χ0) is 14.1. The van der Waals surface area contributed by atoms with E-state index >= 15 is 0 Å². The van der Waals surface area contributed by atoms with Crippen molar-refractivity contribution in [1.29, 1.82) is 0 Å². The van der Waals surface area contributed by atoms with Gasteiger partial charge in [-0.05, 0) is 35.0 Å². The van der Waals surface area contributed by atoms with Crippen LogP contribution in [0.3, 0.4) is 0 Å². The zero-order valence-electron chi connectivity index (χ0n) is 10.5. The summed E-state index contributed by atoms with van der Waals surface area (Å²) in [4.78, 5) is 12.5. The summed E-state index contributed by atoms with van der Waals surface area (Å²) in [6, 6.07) is 18.1. The fourth-order valence-electron chi connectivity index (χ4n) is 2.20. The number of hydrogen-bond donors (Lipinski definition) is 1. The third-order valence-corrected chi connectivity index (χ3v) is 3.69. The van der Waals surface area contributed by atoms with Crippen molar-refractivity contribution >= 4 is 32.5 Å². The normalized spacial score (nSPS) is 10.7. The van der Waals surface area contributed by atoms with E-state index in [1.54, 1.807) is 30.3 Å². The van der Waals surface area contributed by atoms with Gasteiger partial charge in [-0.25, -0.2) is 0 Å². The van der Waals surface area contributed by atoms with E-state index in [9.17, 15) is 9.90 Å². The van der Waals surface area contributed by atoms with Crippen LogP contribution in [0.5, 0.6) is 5.75 Å². The third kappa shape index (κ3) is 2.32. The fraction of sp³-hybridized carbons (Fsp3) is 0. The second-order valence-electron chi connectivity index (χ2n) is 4.56. The molecule has 3 rings (SSSR count). The lowest BCUT2D eigenvalue weighted by molar-refractivity contribution is 0.103. The highest BCUT2D eigenvalue weighted by Crippen LogP contribution is 2.27. The van der Waals surface area contributed by atoms with Gasteiger partial charge < -0.3 is 5.11 Å². The Balaban J connectivity index is 2.14. The van der Waals surface area contributed by atoms with Gasteiger partial charge in [0.05, 0.1) is 5.56 Å². The summed E-state index contributed by atoms with van der Waals surface area (Å²) in [5, 5.41) is 11.9. The Kier molecular flexibility index (Phi) is 3.28. The SMILES string of the molecule is O=C(c1cccc(Br)c1)c1cc2ccccc2cc1O. The Morgan fingerprint density at radius 3 is 2.30 bits per heavy atom. The van der Waals surface area contributed by atoms with Gasteiger partial charge in [0.15, 0.2) is 5.78 Å². The molecule has 0 radical (unpaired) electrons. The second kappa shape index (κ2) is 5.10. The van der Waals surface area contributed by atoms with Crippen LogP contribution in [0.15, 0.2) is 65.1 Å². The number of halogens is 1. The molecule has 0 aliphatic carbocycles. The molecule has 3 aromatic rings. The molecule has 3 aromatic carbocycles. The molecule has 0 fully saturated rings. The first-order valence-corrected chi connectivity index (χ1v) is 6.96. The predicted octanol–water partition coefficient (Wildman–Crippen LogP) is 4.54. The summed E-state index contributed by atoms with van der Waals surface area (Å²) < 4.78 is 0.837. The van der Waals surface area contributed by atoms with Crippen molar-refractivity contribution in [2.45, 2.75) is 0 Å². The number of hydrogen-bond acceptors (Lipinski definition) is 2. The Hall–Kier alpha value is -2.13. The molecule has 0 amide bonds. The predicted molar refractivity (Wildman–Crippen MR) is 83.2 cm³/mol. The first-order valence-electron chi connectivity index (χ1n) is 6.17. The third-order valence-electron chi connectivity index (χ3n) is 3.20. The van der Waals surface area contributed by atoms with Gasteiger partial charge in [-0.1, -0.05) is 52.3 Å². The molecule has 98 valence electrons. The maximum Gasteiger partial charge on any atom is 0.196 e. The Morgan fingerprint density at radius 2 is 1.60 bits per heavy atom. The first-order chi connectivity index (χ1) is 9.65. The molecule has 0 aliphatic heterocycles. The smallest absolute Gasteiger partial charge is 0.196 e. The van der Waals surface area contributed by atoms with Crippen LogP contribution in [-0.4, -0.2) is 10.9 Å². The molecule has 0 spiro atoms. The van der Waals surface area contributed by atoms with Gasteiger partial charge in [-0.2, -0.15) is 0 Å². The van der Waals surface area contributed by atoms with Crippen LogP contribution >= 0.6 is 15.9 Å². The van der Waals surface area contributed by atoms with Crippen molar-refractivity contribution in [3.05, 3.63) is 76.3 Å². The van der Waals surface area contributed by atoms with Gasteiger partial charge in [0.2, 0.25) is 0 Å². The molecule has 0 aromatic heterocycles. The number of aromatic hydroxyl groups is 1. The van der Waals surface area contributed by atoms with Crippen molar-refractivity contribution in [2.75, 3.05) is 0 Å². The van der Waals surface area contributed by atoms with E-state index in [-0.39, 0.29) is 11.5 Å². The van der Waals surface area contributed by atoms with E-state index in [1.165, 1.54) is 0 Å². The van der Waals surface area contributed by atoms with E-state index in [2.05, 4.69) is 15.9 Å². The average molecular weight is 327 g/mol. The second-order valence-corrected chi connectivity index (χ2v) is 5.47. The fourth-order valence-corrected chi connectivity index (χ4v) is 2.59. The number of benzene rings is 3. The maximum atomic E-state index is 12.5. The van der Waals surface area contributed by atoms with E-state index < -0.39 is 0 Å². The molecule has 3 heteroatoms. The van der Waals surface area contributed by atoms with Crippen molar-refractivity contribution in [3.63, 3.8) is 0 Å². The van der Waals surface area contributed by atoms with Gasteiger partial charge in [-0.15, -0.1) is 0 Å². The van der Waals surface area contributed by atoms with Crippen molar-refractivity contribution in [1.82, 2.24) is 0 Å². The lowest BCUT2D eigenvalue weighted by Gasteiger charge is -2.07. The number of fused-ring (bicyclic) bond motifs is 1.